The predicted octanol–water partition coefficient (Wildman–Crippen LogP) is 4.92. The lowest BCUT2D eigenvalue weighted by atomic mass is 10.0. The fourth-order valence-corrected chi connectivity index (χ4v) is 2.16. The van der Waals surface area contributed by atoms with Gasteiger partial charge in [-0.1, -0.05) is 30.3 Å². The third kappa shape index (κ3) is 4.00. The fraction of sp³-hybridized carbons (Fsp3) is 0.167. The number of carbonyl (C=O) groups excluding carboxylic acids is 1. The maximum absolute atomic E-state index is 12.9. The predicted molar refractivity (Wildman–Crippen MR) is 82.5 cm³/mol. The topological polar surface area (TPSA) is 26.3 Å². The number of methoxy groups -OCH3 is 1. The quantitative estimate of drug-likeness (QED) is 0.590. The number of allylic oxidation sites excluding steroid dienone is 1. The Morgan fingerprint density at radius 3 is 2.48 bits per heavy atom. The van der Waals surface area contributed by atoms with Gasteiger partial charge in [0.2, 0.25) is 0 Å². The Labute approximate surface area is 132 Å². The average Bonchev–Trinajstić information content (AvgIpc) is 2.52. The van der Waals surface area contributed by atoms with E-state index in [9.17, 15) is 18.0 Å². The Hall–Kier alpha value is -2.56. The van der Waals surface area contributed by atoms with Crippen molar-refractivity contribution in [2.75, 3.05) is 7.11 Å². The van der Waals surface area contributed by atoms with E-state index in [1.54, 1.807) is 24.3 Å². The molecule has 0 heterocycles. The monoisotopic (exact) mass is 320 g/mol. The van der Waals surface area contributed by atoms with Crippen molar-refractivity contribution in [3.8, 4) is 5.75 Å². The lowest BCUT2D eigenvalue weighted by Crippen LogP contribution is -2.07. The van der Waals surface area contributed by atoms with Crippen LogP contribution in [0.25, 0.3) is 6.08 Å². The van der Waals surface area contributed by atoms with E-state index >= 15 is 0 Å². The van der Waals surface area contributed by atoms with E-state index in [0.29, 0.717) is 16.9 Å². The molecule has 0 spiro atoms. The van der Waals surface area contributed by atoms with Crippen LogP contribution in [0.15, 0.2) is 48.5 Å². The molecular weight excluding hydrogens is 305 g/mol. The summed E-state index contributed by atoms with van der Waals surface area (Å²) in [5, 5.41) is 0. The maximum Gasteiger partial charge on any atom is 0.416 e. The van der Waals surface area contributed by atoms with E-state index in [1.165, 1.54) is 38.3 Å². The normalized spacial score (nSPS) is 11.7. The van der Waals surface area contributed by atoms with Gasteiger partial charge in [0, 0.05) is 0 Å². The molecule has 0 aliphatic heterocycles. The van der Waals surface area contributed by atoms with Crippen LogP contribution >= 0.6 is 0 Å². The van der Waals surface area contributed by atoms with Crippen molar-refractivity contribution in [1.82, 2.24) is 0 Å². The van der Waals surface area contributed by atoms with E-state index in [1.807, 2.05) is 0 Å². The highest BCUT2D eigenvalue weighted by Crippen LogP contribution is 2.32. The molecule has 0 amide bonds. The SMILES string of the molecule is COc1ccccc1C(=O)/C=C/c1ccc(C)c(C(F)(F)F)c1. The average molecular weight is 320 g/mol. The summed E-state index contributed by atoms with van der Waals surface area (Å²) < 4.78 is 43.7. The molecule has 23 heavy (non-hydrogen) atoms. The molecule has 0 aliphatic carbocycles. The molecule has 0 fully saturated rings. The van der Waals surface area contributed by atoms with Crippen molar-refractivity contribution in [3.05, 3.63) is 70.8 Å². The molecule has 2 aromatic carbocycles. The molecular formula is C18H15F3O2. The first-order chi connectivity index (χ1) is 10.8. The zero-order valence-electron chi connectivity index (χ0n) is 12.6. The Bertz CT molecular complexity index is 746. The van der Waals surface area contributed by atoms with Gasteiger partial charge in [0.1, 0.15) is 5.75 Å². The van der Waals surface area contributed by atoms with Crippen molar-refractivity contribution in [2.45, 2.75) is 13.1 Å². The van der Waals surface area contributed by atoms with Gasteiger partial charge in [-0.3, -0.25) is 4.79 Å². The maximum atomic E-state index is 12.9. The van der Waals surface area contributed by atoms with Crippen LogP contribution < -0.4 is 4.74 Å². The summed E-state index contributed by atoms with van der Waals surface area (Å²) in [4.78, 5) is 12.2. The third-order valence-electron chi connectivity index (χ3n) is 3.37. The van der Waals surface area contributed by atoms with Gasteiger partial charge in [-0.25, -0.2) is 0 Å². The first kappa shape index (κ1) is 16.8. The first-order valence-electron chi connectivity index (χ1n) is 6.86. The van der Waals surface area contributed by atoms with Gasteiger partial charge in [-0.2, -0.15) is 13.2 Å². The number of para-hydroxylation sites is 1. The molecule has 0 saturated heterocycles. The second-order valence-corrected chi connectivity index (χ2v) is 4.97. The highest BCUT2D eigenvalue weighted by Gasteiger charge is 2.32. The second kappa shape index (κ2) is 6.69. The molecule has 0 aliphatic rings. The summed E-state index contributed by atoms with van der Waals surface area (Å²) in [6.07, 6.45) is -1.81. The van der Waals surface area contributed by atoms with Crippen LogP contribution in [0.1, 0.15) is 27.0 Å². The summed E-state index contributed by atoms with van der Waals surface area (Å²) >= 11 is 0. The van der Waals surface area contributed by atoms with Crippen molar-refractivity contribution < 1.29 is 22.7 Å². The van der Waals surface area contributed by atoms with Gasteiger partial charge < -0.3 is 4.74 Å². The smallest absolute Gasteiger partial charge is 0.416 e. The summed E-state index contributed by atoms with van der Waals surface area (Å²) in [5.74, 6) is 0.0821. The van der Waals surface area contributed by atoms with Gasteiger partial charge in [-0.15, -0.1) is 0 Å². The van der Waals surface area contributed by atoms with Gasteiger partial charge in [-0.05, 0) is 42.3 Å². The van der Waals surface area contributed by atoms with E-state index in [2.05, 4.69) is 0 Å². The molecule has 0 aromatic heterocycles. The Morgan fingerprint density at radius 1 is 1.13 bits per heavy atom. The lowest BCUT2D eigenvalue weighted by molar-refractivity contribution is -0.138. The molecule has 120 valence electrons. The number of carbonyl (C=O) groups is 1. The highest BCUT2D eigenvalue weighted by atomic mass is 19.4. The second-order valence-electron chi connectivity index (χ2n) is 4.97. The largest absolute Gasteiger partial charge is 0.496 e. The van der Waals surface area contributed by atoms with Crippen molar-refractivity contribution in [2.24, 2.45) is 0 Å². The third-order valence-corrected chi connectivity index (χ3v) is 3.37. The first-order valence-corrected chi connectivity index (χ1v) is 6.86. The van der Waals surface area contributed by atoms with Gasteiger partial charge in [0.05, 0.1) is 18.2 Å². The summed E-state index contributed by atoms with van der Waals surface area (Å²) in [5.41, 5.74) is 0.107. The number of ketones is 1. The van der Waals surface area contributed by atoms with Crippen LogP contribution in [-0.2, 0) is 6.18 Å². The van der Waals surface area contributed by atoms with Crippen molar-refractivity contribution in [1.29, 1.82) is 0 Å². The minimum atomic E-state index is -4.42. The Balaban J connectivity index is 2.28. The van der Waals surface area contributed by atoms with E-state index in [4.69, 9.17) is 4.74 Å². The van der Waals surface area contributed by atoms with E-state index < -0.39 is 11.7 Å². The minimum Gasteiger partial charge on any atom is -0.496 e. The summed E-state index contributed by atoms with van der Waals surface area (Å²) in [6, 6.07) is 10.6. The number of benzene rings is 2. The minimum absolute atomic E-state index is 0.144. The molecule has 2 nitrogen and oxygen atoms in total. The Kier molecular flexibility index (Phi) is 4.89. The van der Waals surface area contributed by atoms with Crippen molar-refractivity contribution >= 4 is 11.9 Å². The van der Waals surface area contributed by atoms with Crippen LogP contribution in [0.5, 0.6) is 5.75 Å². The molecule has 0 radical (unpaired) electrons. The zero-order chi connectivity index (χ0) is 17.0. The van der Waals surface area contributed by atoms with Crippen LogP contribution in [0.3, 0.4) is 0 Å². The number of halogens is 3. The molecule has 0 bridgehead atoms. The molecule has 2 rings (SSSR count). The number of ether oxygens (including phenoxy) is 1. The van der Waals surface area contributed by atoms with E-state index in [-0.39, 0.29) is 11.3 Å². The number of hydrogen-bond donors (Lipinski definition) is 0. The molecule has 2 aromatic rings. The fourth-order valence-electron chi connectivity index (χ4n) is 2.16. The molecule has 0 atom stereocenters. The lowest BCUT2D eigenvalue weighted by Gasteiger charge is -2.10. The molecule has 0 saturated carbocycles. The number of alkyl halides is 3. The summed E-state index contributed by atoms with van der Waals surface area (Å²) in [6.45, 7) is 1.40. The van der Waals surface area contributed by atoms with Crippen LogP contribution in [0.2, 0.25) is 0 Å². The van der Waals surface area contributed by atoms with Crippen LogP contribution in [0, 0.1) is 6.92 Å². The number of rotatable bonds is 4. The van der Waals surface area contributed by atoms with Gasteiger partial charge in [0.25, 0.3) is 0 Å². The highest BCUT2D eigenvalue weighted by molar-refractivity contribution is 6.08. The Morgan fingerprint density at radius 2 is 1.83 bits per heavy atom. The van der Waals surface area contributed by atoms with Crippen LogP contribution in [-0.4, -0.2) is 12.9 Å². The van der Waals surface area contributed by atoms with Crippen LogP contribution in [0.4, 0.5) is 13.2 Å². The van der Waals surface area contributed by atoms with E-state index in [0.717, 1.165) is 6.07 Å². The zero-order valence-corrected chi connectivity index (χ0v) is 12.6. The van der Waals surface area contributed by atoms with Gasteiger partial charge >= 0.3 is 6.18 Å². The van der Waals surface area contributed by atoms with Crippen molar-refractivity contribution in [3.63, 3.8) is 0 Å². The molecule has 5 heteroatoms. The number of hydrogen-bond acceptors (Lipinski definition) is 2. The molecule has 0 N–H and O–H groups in total. The molecule has 0 unspecified atom stereocenters. The summed E-state index contributed by atoms with van der Waals surface area (Å²) in [7, 11) is 1.45. The standard InChI is InChI=1S/C18H15F3O2/c1-12-7-8-13(11-15(12)18(19,20)21)9-10-16(22)14-5-3-4-6-17(14)23-2/h3-11H,1-2H3/b10-9+. The van der Waals surface area contributed by atoms with Gasteiger partial charge in [0.15, 0.2) is 5.78 Å². The number of aryl methyl sites for hydroxylation is 1.